The second-order valence-electron chi connectivity index (χ2n) is 6.46. The maximum absolute atomic E-state index is 12.7. The Labute approximate surface area is 136 Å². The van der Waals surface area contributed by atoms with Gasteiger partial charge < -0.3 is 15.0 Å². The molecule has 1 heterocycles. The number of carbonyl (C=O) groups is 1. The van der Waals surface area contributed by atoms with E-state index in [1.807, 2.05) is 42.1 Å². The summed E-state index contributed by atoms with van der Waals surface area (Å²) in [5, 5.41) is 12.7. The highest BCUT2D eigenvalue weighted by atomic mass is 16.3. The standard InChI is InChI=1S/C18H23N3O2/c1-21-11-10-19-16(21)14-6-2-3-7-15(14)17(23)20-12-18(13-22)8-4-5-9-18/h2-3,6-7,10-11,22H,4-5,8-9,12-13H2,1H3,(H,20,23). The largest absolute Gasteiger partial charge is 0.396 e. The summed E-state index contributed by atoms with van der Waals surface area (Å²) in [6.07, 6.45) is 7.79. The van der Waals surface area contributed by atoms with Gasteiger partial charge in [0, 0.05) is 37.0 Å². The van der Waals surface area contributed by atoms with Gasteiger partial charge >= 0.3 is 0 Å². The summed E-state index contributed by atoms with van der Waals surface area (Å²) in [4.78, 5) is 17.0. The summed E-state index contributed by atoms with van der Waals surface area (Å²) in [5.74, 6) is 0.664. The molecule has 0 bridgehead atoms. The van der Waals surface area contributed by atoms with Crippen LogP contribution in [0.5, 0.6) is 0 Å². The molecule has 2 N–H and O–H groups in total. The van der Waals surface area contributed by atoms with Gasteiger partial charge in [0.2, 0.25) is 0 Å². The number of amides is 1. The molecule has 0 unspecified atom stereocenters. The number of nitrogens with zero attached hydrogens (tertiary/aromatic N) is 2. The molecule has 1 amide bonds. The average molecular weight is 313 g/mol. The van der Waals surface area contributed by atoms with Crippen LogP contribution in [0.25, 0.3) is 11.4 Å². The minimum Gasteiger partial charge on any atom is -0.396 e. The number of hydrogen-bond donors (Lipinski definition) is 2. The lowest BCUT2D eigenvalue weighted by Gasteiger charge is -2.26. The second-order valence-corrected chi connectivity index (χ2v) is 6.46. The van der Waals surface area contributed by atoms with E-state index in [2.05, 4.69) is 10.3 Å². The van der Waals surface area contributed by atoms with E-state index in [-0.39, 0.29) is 17.9 Å². The molecule has 1 aliphatic rings. The number of imidazole rings is 1. The Morgan fingerprint density at radius 1 is 1.35 bits per heavy atom. The van der Waals surface area contributed by atoms with E-state index in [0.717, 1.165) is 37.1 Å². The summed E-state index contributed by atoms with van der Waals surface area (Å²) in [5.41, 5.74) is 1.29. The molecule has 5 heteroatoms. The maximum Gasteiger partial charge on any atom is 0.252 e. The Bertz CT molecular complexity index is 687. The van der Waals surface area contributed by atoms with Gasteiger partial charge in [0.15, 0.2) is 0 Å². The first kappa shape index (κ1) is 15.7. The molecule has 2 aromatic rings. The zero-order chi connectivity index (χ0) is 16.3. The number of aliphatic hydroxyl groups is 1. The normalized spacial score (nSPS) is 16.4. The van der Waals surface area contributed by atoms with Crippen LogP contribution in [0, 0.1) is 5.41 Å². The molecule has 0 saturated heterocycles. The summed E-state index contributed by atoms with van der Waals surface area (Å²) in [6, 6.07) is 7.50. The topological polar surface area (TPSA) is 67.2 Å². The van der Waals surface area contributed by atoms with Gasteiger partial charge in [-0.25, -0.2) is 4.98 Å². The Morgan fingerprint density at radius 2 is 2.09 bits per heavy atom. The maximum atomic E-state index is 12.7. The van der Waals surface area contributed by atoms with Gasteiger partial charge in [0.1, 0.15) is 5.82 Å². The van der Waals surface area contributed by atoms with E-state index >= 15 is 0 Å². The molecule has 0 spiro atoms. The van der Waals surface area contributed by atoms with Gasteiger partial charge in [-0.2, -0.15) is 0 Å². The number of nitrogens with one attached hydrogen (secondary N) is 1. The fraction of sp³-hybridized carbons (Fsp3) is 0.444. The van der Waals surface area contributed by atoms with Crippen LogP contribution >= 0.6 is 0 Å². The quantitative estimate of drug-likeness (QED) is 0.890. The average Bonchev–Trinajstić information content (AvgIpc) is 3.22. The van der Waals surface area contributed by atoms with Crippen LogP contribution < -0.4 is 5.32 Å². The molecule has 1 saturated carbocycles. The number of aryl methyl sites for hydroxylation is 1. The van der Waals surface area contributed by atoms with Gasteiger partial charge in [-0.3, -0.25) is 4.79 Å². The lowest BCUT2D eigenvalue weighted by atomic mass is 9.87. The van der Waals surface area contributed by atoms with Crippen LogP contribution in [0.1, 0.15) is 36.0 Å². The number of carbonyl (C=O) groups excluding carboxylic acids is 1. The van der Waals surface area contributed by atoms with E-state index in [4.69, 9.17) is 0 Å². The fourth-order valence-corrected chi connectivity index (χ4v) is 3.38. The lowest BCUT2D eigenvalue weighted by Crippen LogP contribution is -2.38. The van der Waals surface area contributed by atoms with E-state index in [1.54, 1.807) is 6.20 Å². The molecular weight excluding hydrogens is 290 g/mol. The smallest absolute Gasteiger partial charge is 0.252 e. The third-order valence-corrected chi connectivity index (χ3v) is 4.86. The highest BCUT2D eigenvalue weighted by Crippen LogP contribution is 2.37. The van der Waals surface area contributed by atoms with Gasteiger partial charge in [0.05, 0.1) is 12.2 Å². The predicted octanol–water partition coefficient (Wildman–Crippen LogP) is 2.37. The van der Waals surface area contributed by atoms with Crippen molar-refractivity contribution in [2.24, 2.45) is 12.5 Å². The van der Waals surface area contributed by atoms with Gasteiger partial charge in [0.25, 0.3) is 5.91 Å². The minimum absolute atomic E-state index is 0.108. The van der Waals surface area contributed by atoms with Crippen LogP contribution in [-0.4, -0.2) is 33.7 Å². The Balaban J connectivity index is 1.79. The third kappa shape index (κ3) is 3.15. The first-order valence-electron chi connectivity index (χ1n) is 8.11. The summed E-state index contributed by atoms with van der Waals surface area (Å²) >= 11 is 0. The van der Waals surface area contributed by atoms with Crippen molar-refractivity contribution in [2.45, 2.75) is 25.7 Å². The van der Waals surface area contributed by atoms with E-state index in [1.165, 1.54) is 0 Å². The molecule has 23 heavy (non-hydrogen) atoms. The number of hydrogen-bond acceptors (Lipinski definition) is 3. The third-order valence-electron chi connectivity index (χ3n) is 4.86. The van der Waals surface area contributed by atoms with Crippen molar-refractivity contribution in [2.75, 3.05) is 13.2 Å². The van der Waals surface area contributed by atoms with Crippen molar-refractivity contribution in [3.8, 4) is 11.4 Å². The Morgan fingerprint density at radius 3 is 2.74 bits per heavy atom. The van der Waals surface area contributed by atoms with Crippen molar-refractivity contribution < 1.29 is 9.90 Å². The van der Waals surface area contributed by atoms with Crippen molar-refractivity contribution >= 4 is 5.91 Å². The number of aromatic nitrogens is 2. The highest BCUT2D eigenvalue weighted by molar-refractivity contribution is 6.00. The first-order valence-corrected chi connectivity index (χ1v) is 8.11. The molecular formula is C18H23N3O2. The second kappa shape index (κ2) is 6.54. The van der Waals surface area contributed by atoms with Crippen molar-refractivity contribution in [1.82, 2.24) is 14.9 Å². The van der Waals surface area contributed by atoms with Gasteiger partial charge in [-0.05, 0) is 18.9 Å². The SMILES string of the molecule is Cn1ccnc1-c1ccccc1C(=O)NCC1(CO)CCCC1. The van der Waals surface area contributed by atoms with E-state index in [0.29, 0.717) is 12.1 Å². The molecule has 1 aromatic carbocycles. The molecule has 122 valence electrons. The molecule has 0 radical (unpaired) electrons. The van der Waals surface area contributed by atoms with E-state index in [9.17, 15) is 9.90 Å². The first-order chi connectivity index (χ1) is 11.2. The van der Waals surface area contributed by atoms with E-state index < -0.39 is 0 Å². The lowest BCUT2D eigenvalue weighted by molar-refractivity contribution is 0.0881. The molecule has 3 rings (SSSR count). The number of aliphatic hydroxyl groups excluding tert-OH is 1. The van der Waals surface area contributed by atoms with Crippen LogP contribution in [-0.2, 0) is 7.05 Å². The van der Waals surface area contributed by atoms with Crippen LogP contribution in [0.4, 0.5) is 0 Å². The minimum atomic E-state index is -0.145. The molecule has 1 aromatic heterocycles. The van der Waals surface area contributed by atoms with Crippen LogP contribution in [0.3, 0.4) is 0 Å². The monoisotopic (exact) mass is 313 g/mol. The molecule has 0 atom stereocenters. The highest BCUT2D eigenvalue weighted by Gasteiger charge is 2.33. The van der Waals surface area contributed by atoms with Crippen molar-refractivity contribution in [3.05, 3.63) is 42.2 Å². The summed E-state index contributed by atoms with van der Waals surface area (Å²) < 4.78 is 1.90. The Hall–Kier alpha value is -2.14. The molecule has 1 aliphatic carbocycles. The zero-order valence-corrected chi connectivity index (χ0v) is 13.5. The molecule has 1 fully saturated rings. The summed E-state index contributed by atoms with van der Waals surface area (Å²) in [7, 11) is 1.91. The number of benzene rings is 1. The van der Waals surface area contributed by atoms with Gasteiger partial charge in [-0.15, -0.1) is 0 Å². The zero-order valence-electron chi connectivity index (χ0n) is 13.5. The molecule has 5 nitrogen and oxygen atoms in total. The predicted molar refractivity (Wildman–Crippen MR) is 89.0 cm³/mol. The van der Waals surface area contributed by atoms with Crippen molar-refractivity contribution in [3.63, 3.8) is 0 Å². The molecule has 0 aliphatic heterocycles. The fourth-order valence-electron chi connectivity index (χ4n) is 3.38. The number of rotatable bonds is 5. The Kier molecular flexibility index (Phi) is 4.48. The van der Waals surface area contributed by atoms with Gasteiger partial charge in [-0.1, -0.05) is 31.0 Å². The van der Waals surface area contributed by atoms with Crippen LogP contribution in [0.2, 0.25) is 0 Å². The van der Waals surface area contributed by atoms with Crippen LogP contribution in [0.15, 0.2) is 36.7 Å². The van der Waals surface area contributed by atoms with Crippen molar-refractivity contribution in [1.29, 1.82) is 0 Å². The summed E-state index contributed by atoms with van der Waals surface area (Å²) in [6.45, 7) is 0.658.